The predicted molar refractivity (Wildman–Crippen MR) is 146 cm³/mol. The van der Waals surface area contributed by atoms with Crippen molar-refractivity contribution in [2.24, 2.45) is 5.41 Å². The van der Waals surface area contributed by atoms with Crippen molar-refractivity contribution in [1.82, 2.24) is 0 Å². The first-order valence-corrected chi connectivity index (χ1v) is 12.6. The number of aldehydes is 1. The van der Waals surface area contributed by atoms with Crippen molar-refractivity contribution >= 4 is 98.9 Å². The maximum Gasteiger partial charge on any atom is 0.257 e. The maximum absolute atomic E-state index is 13.6. The first-order valence-electron chi connectivity index (χ1n) is 10.3. The molecule has 12 heteroatoms. The minimum Gasteiger partial charge on any atom is -0.396 e. The van der Waals surface area contributed by atoms with Gasteiger partial charge in [0.05, 0.1) is 36.8 Å². The molecule has 0 radical (unpaired) electrons. The summed E-state index contributed by atoms with van der Waals surface area (Å²) in [4.78, 5) is 25.0. The fourth-order valence-corrected chi connectivity index (χ4v) is 5.85. The van der Waals surface area contributed by atoms with Gasteiger partial charge in [0.1, 0.15) is 16.4 Å². The van der Waals surface area contributed by atoms with E-state index in [2.05, 4.69) is 10.6 Å². The predicted octanol–water partition coefficient (Wildman–Crippen LogP) is 7.84. The van der Waals surface area contributed by atoms with Crippen molar-refractivity contribution in [3.63, 3.8) is 0 Å². The summed E-state index contributed by atoms with van der Waals surface area (Å²) in [6, 6.07) is 11.6. The molecule has 0 bridgehead atoms. The molecule has 36 heavy (non-hydrogen) atoms. The lowest BCUT2D eigenvalue weighted by Gasteiger charge is -2.15. The van der Waals surface area contributed by atoms with E-state index < -0.39 is 27.4 Å². The van der Waals surface area contributed by atoms with E-state index in [1.165, 1.54) is 42.5 Å². The Morgan fingerprint density at radius 2 is 1.61 bits per heavy atom. The standard InChI is InChI=1S/C24H16Cl6FN3O2/c25-15-3-2-12(6-14(15)22(36)34-13-7-17(27)20(32)18(28)8-13)33-9-23(10-35)21(24(23,29)30)11-1-4-19(31)16(26)5-11/h1-8,10,21,33H,9,32H2,(H,34,36). The van der Waals surface area contributed by atoms with Crippen LogP contribution in [0.3, 0.4) is 0 Å². The summed E-state index contributed by atoms with van der Waals surface area (Å²) in [6.45, 7) is 0.0228. The highest BCUT2D eigenvalue weighted by atomic mass is 35.5. The van der Waals surface area contributed by atoms with E-state index >= 15 is 0 Å². The van der Waals surface area contributed by atoms with Crippen LogP contribution in [0.4, 0.5) is 21.5 Å². The van der Waals surface area contributed by atoms with Gasteiger partial charge < -0.3 is 21.2 Å². The zero-order valence-electron chi connectivity index (χ0n) is 18.0. The topological polar surface area (TPSA) is 84.2 Å². The van der Waals surface area contributed by atoms with Crippen molar-refractivity contribution in [1.29, 1.82) is 0 Å². The first-order chi connectivity index (χ1) is 16.9. The minimum atomic E-state index is -1.46. The third kappa shape index (κ3) is 4.83. The number of amides is 1. The van der Waals surface area contributed by atoms with Crippen LogP contribution in [0.25, 0.3) is 0 Å². The summed E-state index contributed by atoms with van der Waals surface area (Å²) in [5, 5.41) is 6.21. The molecule has 1 saturated carbocycles. The lowest BCUT2D eigenvalue weighted by atomic mass is 10.00. The van der Waals surface area contributed by atoms with E-state index in [9.17, 15) is 14.0 Å². The molecule has 4 rings (SSSR count). The third-order valence-electron chi connectivity index (χ3n) is 6.04. The van der Waals surface area contributed by atoms with Crippen molar-refractivity contribution in [2.45, 2.75) is 10.3 Å². The number of benzene rings is 3. The maximum atomic E-state index is 13.6. The van der Waals surface area contributed by atoms with Crippen LogP contribution in [0.2, 0.25) is 20.1 Å². The third-order valence-corrected chi connectivity index (χ3v) is 8.42. The highest BCUT2D eigenvalue weighted by molar-refractivity contribution is 6.54. The summed E-state index contributed by atoms with van der Waals surface area (Å²) in [5.74, 6) is -1.76. The van der Waals surface area contributed by atoms with Crippen LogP contribution in [0, 0.1) is 11.2 Å². The molecule has 4 N–H and O–H groups in total. The molecule has 0 spiro atoms. The Morgan fingerprint density at radius 3 is 2.22 bits per heavy atom. The van der Waals surface area contributed by atoms with Gasteiger partial charge in [0, 0.05) is 23.8 Å². The van der Waals surface area contributed by atoms with E-state index in [4.69, 9.17) is 75.3 Å². The number of halogens is 7. The smallest absolute Gasteiger partial charge is 0.257 e. The van der Waals surface area contributed by atoms with Crippen LogP contribution >= 0.6 is 69.6 Å². The highest BCUT2D eigenvalue weighted by Gasteiger charge is 2.76. The Morgan fingerprint density at radius 1 is 0.944 bits per heavy atom. The number of carbonyl (C=O) groups excluding carboxylic acids is 2. The highest BCUT2D eigenvalue weighted by Crippen LogP contribution is 2.73. The number of nitrogen functional groups attached to an aromatic ring is 1. The average molecular weight is 610 g/mol. The second-order valence-corrected chi connectivity index (χ2v) is 11.3. The number of hydrogen-bond donors (Lipinski definition) is 3. The summed E-state index contributed by atoms with van der Waals surface area (Å²) >= 11 is 37.2. The van der Waals surface area contributed by atoms with E-state index in [-0.39, 0.29) is 37.9 Å². The van der Waals surface area contributed by atoms with Crippen molar-refractivity contribution in [3.8, 4) is 0 Å². The molecule has 1 fully saturated rings. The molecule has 2 atom stereocenters. The zero-order valence-corrected chi connectivity index (χ0v) is 22.6. The van der Waals surface area contributed by atoms with Crippen molar-refractivity contribution < 1.29 is 14.0 Å². The van der Waals surface area contributed by atoms with Gasteiger partial charge in [-0.2, -0.15) is 0 Å². The fraction of sp³-hybridized carbons (Fsp3) is 0.167. The quantitative estimate of drug-likeness (QED) is 0.145. The molecular weight excluding hydrogens is 594 g/mol. The number of alkyl halides is 2. The van der Waals surface area contributed by atoms with Crippen molar-refractivity contribution in [2.75, 3.05) is 22.9 Å². The molecular formula is C24H16Cl6FN3O2. The Kier molecular flexibility index (Phi) is 7.60. The van der Waals surface area contributed by atoms with Crippen LogP contribution in [-0.2, 0) is 4.79 Å². The zero-order chi connectivity index (χ0) is 26.4. The van der Waals surface area contributed by atoms with Crippen molar-refractivity contribution in [3.05, 3.63) is 85.6 Å². The van der Waals surface area contributed by atoms with E-state index in [0.29, 0.717) is 23.2 Å². The van der Waals surface area contributed by atoms with Gasteiger partial charge in [-0.3, -0.25) is 4.79 Å². The average Bonchev–Trinajstić information content (AvgIpc) is 3.33. The molecule has 3 aromatic carbocycles. The summed E-state index contributed by atoms with van der Waals surface area (Å²) < 4.78 is 12.2. The van der Waals surface area contributed by atoms with E-state index in [1.54, 1.807) is 6.07 Å². The van der Waals surface area contributed by atoms with Gasteiger partial charge in [-0.1, -0.05) is 75.7 Å². The van der Waals surface area contributed by atoms with Gasteiger partial charge in [0.15, 0.2) is 0 Å². The molecule has 1 amide bonds. The second kappa shape index (κ2) is 10.1. The van der Waals surface area contributed by atoms with Gasteiger partial charge in [0.2, 0.25) is 0 Å². The van der Waals surface area contributed by atoms with Gasteiger partial charge in [-0.05, 0) is 48.0 Å². The van der Waals surface area contributed by atoms with Crippen LogP contribution < -0.4 is 16.4 Å². The Bertz CT molecular complexity index is 1360. The molecule has 0 aromatic heterocycles. The largest absolute Gasteiger partial charge is 0.396 e. The summed E-state index contributed by atoms with van der Waals surface area (Å²) in [7, 11) is 0. The van der Waals surface area contributed by atoms with Crippen LogP contribution in [-0.4, -0.2) is 23.1 Å². The van der Waals surface area contributed by atoms with Crippen LogP contribution in [0.15, 0.2) is 48.5 Å². The number of hydrogen-bond acceptors (Lipinski definition) is 4. The molecule has 3 aromatic rings. The summed E-state index contributed by atoms with van der Waals surface area (Å²) in [5.41, 5.74) is 6.17. The van der Waals surface area contributed by atoms with Gasteiger partial charge in [-0.25, -0.2) is 4.39 Å². The lowest BCUT2D eigenvalue weighted by molar-refractivity contribution is -0.112. The first kappa shape index (κ1) is 27.1. The fourth-order valence-electron chi connectivity index (χ4n) is 4.00. The van der Waals surface area contributed by atoms with Gasteiger partial charge in [0.25, 0.3) is 5.91 Å². The molecule has 0 aliphatic heterocycles. The lowest BCUT2D eigenvalue weighted by Crippen LogP contribution is -2.23. The number of rotatable bonds is 7. The number of carbonyl (C=O) groups is 2. The van der Waals surface area contributed by atoms with E-state index in [1.807, 2.05) is 0 Å². The second-order valence-electron chi connectivity index (χ2n) is 8.24. The van der Waals surface area contributed by atoms with Gasteiger partial charge >= 0.3 is 0 Å². The van der Waals surface area contributed by atoms with E-state index in [0.717, 1.165) is 0 Å². The number of nitrogens with two attached hydrogens (primary N) is 1. The Balaban J connectivity index is 1.53. The number of nitrogens with one attached hydrogen (secondary N) is 2. The molecule has 0 saturated heterocycles. The monoisotopic (exact) mass is 607 g/mol. The molecule has 2 unspecified atom stereocenters. The van der Waals surface area contributed by atoms with Gasteiger partial charge in [-0.15, -0.1) is 0 Å². The Labute approximate surface area is 235 Å². The summed E-state index contributed by atoms with van der Waals surface area (Å²) in [6.07, 6.45) is 0.667. The molecule has 1 aliphatic rings. The molecule has 188 valence electrons. The normalized spacial score (nSPS) is 20.0. The molecule has 1 aliphatic carbocycles. The van der Waals surface area contributed by atoms with Crippen LogP contribution in [0.1, 0.15) is 21.8 Å². The minimum absolute atomic E-state index is 0.0228. The SMILES string of the molecule is Nc1c(Cl)cc(NC(=O)c2cc(NCC3(C=O)C(c4ccc(F)c(Cl)c4)C3(Cl)Cl)ccc2Cl)cc1Cl. The molecule has 5 nitrogen and oxygen atoms in total. The number of anilines is 3. The Hall–Kier alpha value is -1.93. The molecule has 0 heterocycles. The van der Waals surface area contributed by atoms with Crippen LogP contribution in [0.5, 0.6) is 0 Å².